The maximum absolute atomic E-state index is 12.1. The number of benzene rings is 1. The fourth-order valence-electron chi connectivity index (χ4n) is 3.02. The summed E-state index contributed by atoms with van der Waals surface area (Å²) in [5.74, 6) is 0. The minimum Gasteiger partial charge on any atom is -0.373 e. The monoisotopic (exact) mass is 328 g/mol. The van der Waals surface area contributed by atoms with Crippen LogP contribution in [-0.4, -0.2) is 35.0 Å². The van der Waals surface area contributed by atoms with Crippen molar-refractivity contribution in [1.29, 1.82) is 0 Å². The van der Waals surface area contributed by atoms with Crippen LogP contribution in [0.25, 0.3) is 0 Å². The van der Waals surface area contributed by atoms with Gasteiger partial charge in [0.15, 0.2) is 0 Å². The van der Waals surface area contributed by atoms with Gasteiger partial charge >= 0.3 is 6.03 Å². The summed E-state index contributed by atoms with van der Waals surface area (Å²) in [7, 11) is 1.90. The Morgan fingerprint density at radius 2 is 2.17 bits per heavy atom. The third kappa shape index (κ3) is 4.35. The van der Waals surface area contributed by atoms with E-state index in [9.17, 15) is 4.79 Å². The Kier molecular flexibility index (Phi) is 5.48. The zero-order valence-corrected chi connectivity index (χ0v) is 13.9. The normalized spacial score (nSPS) is 20.5. The van der Waals surface area contributed by atoms with Crippen LogP contribution in [0, 0.1) is 0 Å². The van der Waals surface area contributed by atoms with E-state index in [1.807, 2.05) is 36.0 Å². The maximum Gasteiger partial charge on any atom is 0.315 e. The SMILES string of the molecule is Cn1nccc1CCNC(=O)N[C@H]1CCO[C@H](c2ccccc2)C1. The number of amides is 2. The van der Waals surface area contributed by atoms with Crippen molar-refractivity contribution in [2.45, 2.75) is 31.4 Å². The van der Waals surface area contributed by atoms with Gasteiger partial charge in [-0.05, 0) is 24.5 Å². The zero-order chi connectivity index (χ0) is 16.8. The number of nitrogens with one attached hydrogen (secondary N) is 2. The molecule has 1 aromatic heterocycles. The minimum absolute atomic E-state index is 0.0553. The minimum atomic E-state index is -0.115. The molecule has 0 aliphatic carbocycles. The van der Waals surface area contributed by atoms with E-state index in [0.717, 1.165) is 25.0 Å². The highest BCUT2D eigenvalue weighted by molar-refractivity contribution is 5.74. The number of rotatable bonds is 5. The molecule has 1 fully saturated rings. The molecule has 1 aliphatic heterocycles. The number of carbonyl (C=O) groups is 1. The van der Waals surface area contributed by atoms with E-state index in [0.29, 0.717) is 13.2 Å². The number of urea groups is 1. The Labute approximate surface area is 142 Å². The number of hydrogen-bond donors (Lipinski definition) is 2. The van der Waals surface area contributed by atoms with Gasteiger partial charge in [-0.25, -0.2) is 4.79 Å². The van der Waals surface area contributed by atoms with Crippen LogP contribution in [0.4, 0.5) is 4.79 Å². The van der Waals surface area contributed by atoms with Gasteiger partial charge in [-0.3, -0.25) is 4.68 Å². The van der Waals surface area contributed by atoms with E-state index in [1.54, 1.807) is 6.20 Å². The van der Waals surface area contributed by atoms with E-state index in [4.69, 9.17) is 4.74 Å². The number of aryl methyl sites for hydroxylation is 1. The lowest BCUT2D eigenvalue weighted by molar-refractivity contribution is 0.00227. The summed E-state index contributed by atoms with van der Waals surface area (Å²) < 4.78 is 7.66. The highest BCUT2D eigenvalue weighted by Crippen LogP contribution is 2.27. The van der Waals surface area contributed by atoms with Crippen molar-refractivity contribution in [3.63, 3.8) is 0 Å². The average Bonchev–Trinajstić information content (AvgIpc) is 3.01. The second kappa shape index (κ2) is 7.97. The Morgan fingerprint density at radius 3 is 2.92 bits per heavy atom. The third-order valence-electron chi connectivity index (χ3n) is 4.38. The third-order valence-corrected chi connectivity index (χ3v) is 4.38. The first-order chi connectivity index (χ1) is 11.7. The first kappa shape index (κ1) is 16.5. The molecule has 6 nitrogen and oxygen atoms in total. The molecule has 1 aromatic carbocycles. The van der Waals surface area contributed by atoms with Crippen LogP contribution >= 0.6 is 0 Å². The van der Waals surface area contributed by atoms with Gasteiger partial charge in [0, 0.05) is 44.6 Å². The van der Waals surface area contributed by atoms with Gasteiger partial charge in [0.25, 0.3) is 0 Å². The first-order valence-corrected chi connectivity index (χ1v) is 8.40. The molecule has 0 bridgehead atoms. The molecule has 3 rings (SSSR count). The van der Waals surface area contributed by atoms with Crippen LogP contribution in [0.2, 0.25) is 0 Å². The smallest absolute Gasteiger partial charge is 0.315 e. The summed E-state index contributed by atoms with van der Waals surface area (Å²) in [5.41, 5.74) is 2.27. The van der Waals surface area contributed by atoms with Crippen LogP contribution in [0.1, 0.15) is 30.2 Å². The molecule has 2 aromatic rings. The van der Waals surface area contributed by atoms with E-state index in [-0.39, 0.29) is 18.2 Å². The largest absolute Gasteiger partial charge is 0.373 e. The van der Waals surface area contributed by atoms with Gasteiger partial charge in [-0.2, -0.15) is 5.10 Å². The van der Waals surface area contributed by atoms with Crippen molar-refractivity contribution in [1.82, 2.24) is 20.4 Å². The lowest BCUT2D eigenvalue weighted by Crippen LogP contribution is -2.45. The van der Waals surface area contributed by atoms with Crippen LogP contribution < -0.4 is 10.6 Å². The van der Waals surface area contributed by atoms with E-state index in [2.05, 4.69) is 27.9 Å². The molecule has 0 spiro atoms. The molecule has 0 unspecified atom stereocenters. The molecule has 2 N–H and O–H groups in total. The number of hydrogen-bond acceptors (Lipinski definition) is 3. The van der Waals surface area contributed by atoms with Gasteiger partial charge in [0.2, 0.25) is 0 Å². The molecule has 2 atom stereocenters. The van der Waals surface area contributed by atoms with Crippen molar-refractivity contribution >= 4 is 6.03 Å². The highest BCUT2D eigenvalue weighted by Gasteiger charge is 2.24. The van der Waals surface area contributed by atoms with Crippen molar-refractivity contribution in [3.05, 3.63) is 53.9 Å². The molecule has 6 heteroatoms. The van der Waals surface area contributed by atoms with E-state index < -0.39 is 0 Å². The number of carbonyl (C=O) groups excluding carboxylic acids is 1. The molecule has 1 aliphatic rings. The molecule has 1 saturated heterocycles. The standard InChI is InChI=1S/C18H24N4O2/c1-22-16(8-11-20-22)7-10-19-18(23)21-15-9-12-24-17(13-15)14-5-3-2-4-6-14/h2-6,8,11,15,17H,7,9-10,12-13H2,1H3,(H2,19,21,23)/t15-,17-/m0/s1. The Balaban J connectivity index is 1.43. The second-order valence-corrected chi connectivity index (χ2v) is 6.09. The van der Waals surface area contributed by atoms with Gasteiger partial charge in [-0.1, -0.05) is 30.3 Å². The summed E-state index contributed by atoms with van der Waals surface area (Å²) in [5, 5.41) is 10.1. The highest BCUT2D eigenvalue weighted by atomic mass is 16.5. The number of aromatic nitrogens is 2. The summed E-state index contributed by atoms with van der Waals surface area (Å²) >= 11 is 0. The summed E-state index contributed by atoms with van der Waals surface area (Å²) in [6, 6.07) is 12.2. The lowest BCUT2D eigenvalue weighted by atomic mass is 9.97. The van der Waals surface area contributed by atoms with Crippen LogP contribution in [0.15, 0.2) is 42.6 Å². The Hall–Kier alpha value is -2.34. The van der Waals surface area contributed by atoms with Crippen molar-refractivity contribution in [2.75, 3.05) is 13.2 Å². The molecular weight excluding hydrogens is 304 g/mol. The summed E-state index contributed by atoms with van der Waals surface area (Å²) in [6.07, 6.45) is 4.24. The maximum atomic E-state index is 12.1. The van der Waals surface area contributed by atoms with Crippen molar-refractivity contribution in [2.24, 2.45) is 7.05 Å². The quantitative estimate of drug-likeness (QED) is 0.884. The van der Waals surface area contributed by atoms with E-state index >= 15 is 0 Å². The lowest BCUT2D eigenvalue weighted by Gasteiger charge is -2.30. The summed E-state index contributed by atoms with van der Waals surface area (Å²) in [4.78, 5) is 12.1. The van der Waals surface area contributed by atoms with Gasteiger partial charge in [-0.15, -0.1) is 0 Å². The van der Waals surface area contributed by atoms with Gasteiger partial charge in [0.05, 0.1) is 6.10 Å². The molecule has 24 heavy (non-hydrogen) atoms. The molecule has 0 saturated carbocycles. The molecule has 2 amide bonds. The fraction of sp³-hybridized carbons (Fsp3) is 0.444. The Morgan fingerprint density at radius 1 is 1.33 bits per heavy atom. The van der Waals surface area contributed by atoms with Crippen LogP contribution in [-0.2, 0) is 18.2 Å². The first-order valence-electron chi connectivity index (χ1n) is 8.40. The number of nitrogens with zero attached hydrogens (tertiary/aromatic N) is 2. The molecule has 2 heterocycles. The predicted molar refractivity (Wildman–Crippen MR) is 91.6 cm³/mol. The van der Waals surface area contributed by atoms with Crippen molar-refractivity contribution < 1.29 is 9.53 Å². The molecule has 128 valence electrons. The van der Waals surface area contributed by atoms with E-state index in [1.165, 1.54) is 5.56 Å². The molecule has 0 radical (unpaired) electrons. The van der Waals surface area contributed by atoms with Crippen LogP contribution in [0.5, 0.6) is 0 Å². The second-order valence-electron chi connectivity index (χ2n) is 6.09. The summed E-state index contributed by atoms with van der Waals surface area (Å²) in [6.45, 7) is 1.26. The average molecular weight is 328 g/mol. The van der Waals surface area contributed by atoms with Gasteiger partial charge in [0.1, 0.15) is 0 Å². The van der Waals surface area contributed by atoms with Crippen LogP contribution in [0.3, 0.4) is 0 Å². The zero-order valence-electron chi connectivity index (χ0n) is 13.9. The topological polar surface area (TPSA) is 68.2 Å². The fourth-order valence-corrected chi connectivity index (χ4v) is 3.02. The predicted octanol–water partition coefficient (Wildman–Crippen LogP) is 2.18. The molecular formula is C18H24N4O2. The van der Waals surface area contributed by atoms with Gasteiger partial charge < -0.3 is 15.4 Å². The number of ether oxygens (including phenoxy) is 1. The Bertz CT molecular complexity index is 656. The van der Waals surface area contributed by atoms with Crippen molar-refractivity contribution in [3.8, 4) is 0 Å².